The number of aromatic nitrogens is 2. The first-order chi connectivity index (χ1) is 11.1. The van der Waals surface area contributed by atoms with Crippen LogP contribution in [0.25, 0.3) is 0 Å². The molecule has 1 aromatic heterocycles. The zero-order valence-electron chi connectivity index (χ0n) is 14.1. The number of anilines is 1. The van der Waals surface area contributed by atoms with Crippen molar-refractivity contribution in [3.8, 4) is 0 Å². The molecular formula is C18H23ClN4O. The van der Waals surface area contributed by atoms with Gasteiger partial charge in [0.2, 0.25) is 0 Å². The van der Waals surface area contributed by atoms with E-state index in [2.05, 4.69) is 41.5 Å². The lowest BCUT2D eigenvalue weighted by Gasteiger charge is -2.31. The zero-order valence-corrected chi connectivity index (χ0v) is 14.9. The molecule has 0 unspecified atom stereocenters. The molecule has 0 spiro atoms. The topological polar surface area (TPSA) is 61.0 Å². The van der Waals surface area contributed by atoms with Crippen molar-refractivity contribution in [2.45, 2.75) is 39.7 Å². The average Bonchev–Trinajstić information content (AvgIpc) is 2.97. The Morgan fingerprint density at radius 3 is 2.88 bits per heavy atom. The summed E-state index contributed by atoms with van der Waals surface area (Å²) in [7, 11) is 0. The van der Waals surface area contributed by atoms with Gasteiger partial charge in [0.15, 0.2) is 5.69 Å². The van der Waals surface area contributed by atoms with Crippen LogP contribution in [0.1, 0.15) is 44.9 Å². The number of rotatable bonds is 1. The summed E-state index contributed by atoms with van der Waals surface area (Å²) in [5.74, 6) is 0.0251. The second-order valence-electron chi connectivity index (χ2n) is 6.60. The highest BCUT2D eigenvalue weighted by Gasteiger charge is 2.29. The van der Waals surface area contributed by atoms with E-state index in [9.17, 15) is 4.79 Å². The van der Waals surface area contributed by atoms with Gasteiger partial charge in [0, 0.05) is 43.0 Å². The van der Waals surface area contributed by atoms with Gasteiger partial charge in [0.05, 0.1) is 0 Å². The van der Waals surface area contributed by atoms with Crippen LogP contribution in [0.4, 0.5) is 5.69 Å². The Kier molecular flexibility index (Phi) is 4.65. The van der Waals surface area contributed by atoms with Gasteiger partial charge in [-0.15, -0.1) is 12.4 Å². The van der Waals surface area contributed by atoms with Crippen LogP contribution in [0.5, 0.6) is 0 Å². The Morgan fingerprint density at radius 1 is 1.21 bits per heavy atom. The third-order valence-electron chi connectivity index (χ3n) is 4.95. The molecule has 1 amide bonds. The minimum absolute atomic E-state index is 0. The van der Waals surface area contributed by atoms with Crippen LogP contribution in [0.3, 0.4) is 0 Å². The molecule has 0 fully saturated rings. The maximum Gasteiger partial charge on any atom is 0.279 e. The van der Waals surface area contributed by atoms with Gasteiger partial charge in [-0.05, 0) is 49.4 Å². The van der Waals surface area contributed by atoms with Crippen molar-refractivity contribution >= 4 is 24.0 Å². The van der Waals surface area contributed by atoms with Crippen molar-refractivity contribution < 1.29 is 4.79 Å². The summed E-state index contributed by atoms with van der Waals surface area (Å²) >= 11 is 0. The molecule has 2 N–H and O–H groups in total. The molecule has 0 aliphatic carbocycles. The number of carbonyl (C=O) groups excluding carboxylic acids is 1. The molecule has 3 heterocycles. The second-order valence-corrected chi connectivity index (χ2v) is 6.60. The number of nitrogens with one attached hydrogen (secondary N) is 2. The number of H-pyrrole nitrogens is 1. The molecule has 0 saturated heterocycles. The fourth-order valence-electron chi connectivity index (χ4n) is 3.82. The normalized spacial score (nSPS) is 16.2. The molecule has 128 valence electrons. The summed E-state index contributed by atoms with van der Waals surface area (Å²) in [5.41, 5.74) is 7.58. The van der Waals surface area contributed by atoms with Gasteiger partial charge in [0.1, 0.15) is 0 Å². The van der Waals surface area contributed by atoms with Crippen molar-refractivity contribution in [1.82, 2.24) is 15.5 Å². The minimum atomic E-state index is 0. The van der Waals surface area contributed by atoms with Crippen molar-refractivity contribution in [3.05, 3.63) is 45.8 Å². The fraction of sp³-hybridized carbons (Fsp3) is 0.444. The number of carbonyl (C=O) groups is 1. The quantitative estimate of drug-likeness (QED) is 0.834. The van der Waals surface area contributed by atoms with Gasteiger partial charge < -0.3 is 10.2 Å². The number of hydrogen-bond acceptors (Lipinski definition) is 3. The van der Waals surface area contributed by atoms with Crippen LogP contribution in [0.15, 0.2) is 12.1 Å². The van der Waals surface area contributed by atoms with E-state index in [4.69, 9.17) is 0 Å². The molecule has 1 aromatic carbocycles. The number of nitrogens with zero attached hydrogens (tertiary/aromatic N) is 2. The lowest BCUT2D eigenvalue weighted by atomic mass is 9.94. The number of benzene rings is 1. The van der Waals surface area contributed by atoms with E-state index in [0.29, 0.717) is 5.69 Å². The molecule has 2 aliphatic rings. The molecule has 5 nitrogen and oxygen atoms in total. The first-order valence-electron chi connectivity index (χ1n) is 8.34. The lowest BCUT2D eigenvalue weighted by molar-refractivity contribution is 0.0979. The van der Waals surface area contributed by atoms with Gasteiger partial charge in [0.25, 0.3) is 5.91 Å². The summed E-state index contributed by atoms with van der Waals surface area (Å²) < 4.78 is 0. The van der Waals surface area contributed by atoms with Gasteiger partial charge >= 0.3 is 0 Å². The fourth-order valence-corrected chi connectivity index (χ4v) is 3.82. The maximum absolute atomic E-state index is 13.1. The highest BCUT2D eigenvalue weighted by atomic mass is 35.5. The van der Waals surface area contributed by atoms with E-state index in [1.807, 2.05) is 4.90 Å². The summed E-state index contributed by atoms with van der Waals surface area (Å²) in [4.78, 5) is 15.1. The number of hydrogen-bond donors (Lipinski definition) is 2. The van der Waals surface area contributed by atoms with E-state index in [0.717, 1.165) is 55.8 Å². The number of fused-ring (bicyclic) bond motifs is 2. The van der Waals surface area contributed by atoms with Crippen LogP contribution in [0.2, 0.25) is 0 Å². The standard InChI is InChI=1S/C18H22N4O.ClH/c1-11-8-12(2)13-4-3-7-22(16(13)9-11)18(23)17-14-10-19-6-5-15(14)20-21-17;/h8-9,19H,3-7,10H2,1-2H3,(H,20,21);1H. The third kappa shape index (κ3) is 2.72. The lowest BCUT2D eigenvalue weighted by Crippen LogP contribution is -2.37. The molecule has 2 aromatic rings. The van der Waals surface area contributed by atoms with E-state index in [1.165, 1.54) is 16.7 Å². The van der Waals surface area contributed by atoms with Gasteiger partial charge in [-0.3, -0.25) is 9.89 Å². The Morgan fingerprint density at radius 2 is 2.04 bits per heavy atom. The van der Waals surface area contributed by atoms with Gasteiger partial charge in [-0.25, -0.2) is 0 Å². The Bertz CT molecular complexity index is 784. The second kappa shape index (κ2) is 6.57. The Labute approximate surface area is 148 Å². The molecule has 2 aliphatic heterocycles. The molecule has 0 radical (unpaired) electrons. The monoisotopic (exact) mass is 346 g/mol. The molecule has 6 heteroatoms. The molecule has 24 heavy (non-hydrogen) atoms. The van der Waals surface area contributed by atoms with E-state index < -0.39 is 0 Å². The highest BCUT2D eigenvalue weighted by Crippen LogP contribution is 2.32. The first-order valence-corrected chi connectivity index (χ1v) is 8.34. The first kappa shape index (κ1) is 17.0. The molecular weight excluding hydrogens is 324 g/mol. The summed E-state index contributed by atoms with van der Waals surface area (Å²) in [6.45, 7) is 6.66. The Hall–Kier alpha value is -1.85. The summed E-state index contributed by atoms with van der Waals surface area (Å²) in [6.07, 6.45) is 2.96. The predicted octanol–water partition coefficient (Wildman–Crippen LogP) is 2.69. The third-order valence-corrected chi connectivity index (χ3v) is 4.95. The van der Waals surface area contributed by atoms with E-state index in [-0.39, 0.29) is 18.3 Å². The molecule has 0 bridgehead atoms. The van der Waals surface area contributed by atoms with Crippen molar-refractivity contribution in [2.24, 2.45) is 0 Å². The predicted molar refractivity (Wildman–Crippen MR) is 97.2 cm³/mol. The molecule has 0 atom stereocenters. The van der Waals surface area contributed by atoms with Crippen LogP contribution in [-0.2, 0) is 19.4 Å². The van der Waals surface area contributed by atoms with Crippen molar-refractivity contribution in [2.75, 3.05) is 18.0 Å². The van der Waals surface area contributed by atoms with Crippen LogP contribution >= 0.6 is 12.4 Å². The van der Waals surface area contributed by atoms with Gasteiger partial charge in [-0.2, -0.15) is 5.10 Å². The van der Waals surface area contributed by atoms with Crippen molar-refractivity contribution in [3.63, 3.8) is 0 Å². The largest absolute Gasteiger partial charge is 0.312 e. The van der Waals surface area contributed by atoms with Crippen LogP contribution in [-0.4, -0.2) is 29.2 Å². The molecule has 0 saturated carbocycles. The van der Waals surface area contributed by atoms with E-state index >= 15 is 0 Å². The Balaban J connectivity index is 0.00000169. The number of halogens is 1. The SMILES string of the molecule is Cc1cc(C)c2c(c1)N(C(=O)c1n[nH]c3c1CNCC3)CCC2.Cl. The summed E-state index contributed by atoms with van der Waals surface area (Å²) in [5, 5.41) is 10.7. The summed E-state index contributed by atoms with van der Waals surface area (Å²) in [6, 6.07) is 4.34. The number of aromatic amines is 1. The minimum Gasteiger partial charge on any atom is -0.312 e. The smallest absolute Gasteiger partial charge is 0.279 e. The van der Waals surface area contributed by atoms with Crippen LogP contribution < -0.4 is 10.2 Å². The van der Waals surface area contributed by atoms with Crippen molar-refractivity contribution in [1.29, 1.82) is 0 Å². The maximum atomic E-state index is 13.1. The number of aryl methyl sites for hydroxylation is 2. The van der Waals surface area contributed by atoms with E-state index in [1.54, 1.807) is 0 Å². The average molecular weight is 347 g/mol. The highest BCUT2D eigenvalue weighted by molar-refractivity contribution is 6.06. The number of amides is 1. The van der Waals surface area contributed by atoms with Gasteiger partial charge in [-0.1, -0.05) is 6.07 Å². The van der Waals surface area contributed by atoms with Crippen LogP contribution in [0, 0.1) is 13.8 Å². The zero-order chi connectivity index (χ0) is 16.0. The molecule has 4 rings (SSSR count).